The summed E-state index contributed by atoms with van der Waals surface area (Å²) in [6.45, 7) is 1.36. The topological polar surface area (TPSA) is 205 Å². The number of amides is 2. The van der Waals surface area contributed by atoms with Crippen LogP contribution in [0.25, 0.3) is 0 Å². The Balaban J connectivity index is 1.10. The van der Waals surface area contributed by atoms with Crippen molar-refractivity contribution in [2.75, 3.05) is 81.7 Å². The summed E-state index contributed by atoms with van der Waals surface area (Å²) in [4.78, 5) is 30.2. The van der Waals surface area contributed by atoms with Crippen molar-refractivity contribution in [1.29, 1.82) is 0 Å². The molecule has 0 aliphatic carbocycles. The monoisotopic (exact) mass is 906 g/mol. The van der Waals surface area contributed by atoms with E-state index in [0.29, 0.717) is 103 Å². The van der Waals surface area contributed by atoms with Gasteiger partial charge in [-0.1, -0.05) is 11.2 Å². The van der Waals surface area contributed by atoms with E-state index in [1.165, 1.54) is 14.2 Å². The van der Waals surface area contributed by atoms with Gasteiger partial charge in [-0.3, -0.25) is 9.59 Å². The van der Waals surface area contributed by atoms with Crippen molar-refractivity contribution in [3.05, 3.63) is 35.4 Å². The summed E-state index contributed by atoms with van der Waals surface area (Å²) in [6.07, 6.45) is 5.68. The lowest BCUT2D eigenvalue weighted by Gasteiger charge is -2.27. The number of anilines is 2. The molecule has 2 fully saturated rings. The van der Waals surface area contributed by atoms with Crippen LogP contribution in [0.5, 0.6) is 23.0 Å². The molecule has 22 heteroatoms. The SMILES string of the molecule is COc1cc2c(cc1OCCCP(=O)(CCCOc1cc3c(cc1OC)C(=O)N1CCC[C@H]1C(O[SH](=O)=O)N3)CCCS(C)=S)NC(O[SH](=O)=O)[C@@H]1CCCN1C2=O. The zero-order valence-corrected chi connectivity index (χ0v) is 36.9. The number of methoxy groups -OCH3 is 2. The minimum atomic E-state index is -3.18. The van der Waals surface area contributed by atoms with Gasteiger partial charge in [0.25, 0.3) is 33.8 Å². The van der Waals surface area contributed by atoms with Crippen LogP contribution in [0.4, 0.5) is 11.4 Å². The van der Waals surface area contributed by atoms with E-state index < -0.39 is 53.7 Å². The Hall–Kier alpha value is -3.20. The van der Waals surface area contributed by atoms with E-state index >= 15 is 0 Å². The molecule has 5 atom stereocenters. The summed E-state index contributed by atoms with van der Waals surface area (Å²) >= 11 is 5.39. The molecule has 2 N–H and O–H groups in total. The Morgan fingerprint density at radius 3 is 1.55 bits per heavy atom. The highest BCUT2D eigenvalue weighted by Gasteiger charge is 2.42. The van der Waals surface area contributed by atoms with Crippen LogP contribution < -0.4 is 29.6 Å². The Labute approximate surface area is 349 Å². The van der Waals surface area contributed by atoms with E-state index in [1.807, 2.05) is 6.26 Å². The van der Waals surface area contributed by atoms with Crippen LogP contribution in [-0.2, 0) is 55.5 Å². The third-order valence-electron chi connectivity index (χ3n) is 10.8. The molecule has 322 valence electrons. The predicted molar refractivity (Wildman–Crippen MR) is 224 cm³/mol. The number of benzene rings is 2. The Bertz CT molecular complexity index is 1940. The number of carbonyl (C=O) groups excluding carboxylic acids is 2. The minimum Gasteiger partial charge on any atom is -0.493 e. The van der Waals surface area contributed by atoms with Crippen molar-refractivity contribution in [2.45, 2.75) is 69.5 Å². The molecule has 2 aromatic carbocycles. The van der Waals surface area contributed by atoms with E-state index in [0.717, 1.165) is 25.0 Å². The third-order valence-corrected chi connectivity index (χ3v) is 16.4. The second-order valence-corrected chi connectivity index (χ2v) is 22.6. The first-order valence-corrected chi connectivity index (χ1v) is 26.3. The first-order chi connectivity index (χ1) is 27.8. The van der Waals surface area contributed by atoms with Crippen molar-refractivity contribution in [1.82, 2.24) is 9.80 Å². The lowest BCUT2D eigenvalue weighted by molar-refractivity contribution is 0.0633. The van der Waals surface area contributed by atoms with E-state index in [4.69, 9.17) is 38.5 Å². The van der Waals surface area contributed by atoms with E-state index in [2.05, 4.69) is 10.6 Å². The maximum absolute atomic E-state index is 14.4. The third kappa shape index (κ3) is 10.6. The van der Waals surface area contributed by atoms with Gasteiger partial charge >= 0.3 is 0 Å². The number of nitrogens with one attached hydrogen (secondary N) is 2. The van der Waals surface area contributed by atoms with E-state index in [-0.39, 0.29) is 34.5 Å². The van der Waals surface area contributed by atoms with E-state index in [9.17, 15) is 31.0 Å². The number of hydrogen-bond donors (Lipinski definition) is 4. The molecule has 0 radical (unpaired) electrons. The van der Waals surface area contributed by atoms with Crippen LogP contribution >= 0.6 is 7.14 Å². The van der Waals surface area contributed by atoms with Gasteiger partial charge in [0.15, 0.2) is 35.5 Å². The second-order valence-electron chi connectivity index (χ2n) is 14.6. The fourth-order valence-corrected chi connectivity index (χ4v) is 12.8. The molecule has 17 nitrogen and oxygen atoms in total. The summed E-state index contributed by atoms with van der Waals surface area (Å²) < 4.78 is 94.4. The molecule has 0 saturated carbocycles. The quantitative estimate of drug-likeness (QED) is 0.0856. The lowest BCUT2D eigenvalue weighted by Crippen LogP contribution is -2.44. The second kappa shape index (κ2) is 19.9. The molecule has 4 heterocycles. The maximum Gasteiger partial charge on any atom is 0.259 e. The number of ether oxygens (including phenoxy) is 4. The number of hydrogen-bond acceptors (Lipinski definition) is 16. The van der Waals surface area contributed by atoms with Crippen molar-refractivity contribution >= 4 is 72.9 Å². The van der Waals surface area contributed by atoms with Gasteiger partial charge in [-0.05, 0) is 69.1 Å². The average Bonchev–Trinajstić information content (AvgIpc) is 3.84. The van der Waals surface area contributed by atoms with E-state index in [1.54, 1.807) is 34.1 Å². The minimum absolute atomic E-state index is 0.200. The largest absolute Gasteiger partial charge is 0.493 e. The molecule has 0 spiro atoms. The van der Waals surface area contributed by atoms with Crippen LogP contribution in [0.3, 0.4) is 0 Å². The standard InChI is InChI=1S/C36H51N4O13PS4/c1-48-29-19-23-25(37-33(52-57(44)45)27-9-4-11-39(27)35(23)41)21-31(29)50-13-6-15-54(43,17-8-18-56(3)55)16-7-14-51-32-22-26-24(20-30(32)49-2)36(42)40-12-5-10-28(40)34(38-26)53-58(46)47/h19-22,27-28,33-34,37-38,57-58H,4-18H2,1-3H3/t27-,28-,33?,34?,54?,56?/m0/s1. The molecule has 2 amide bonds. The number of nitrogens with zero attached hydrogens (tertiary/aromatic N) is 2. The number of thiol groups is 2. The number of fused-ring (bicyclic) bond motifs is 4. The van der Waals surface area contributed by atoms with Crippen LogP contribution in [-0.4, -0.2) is 134 Å². The van der Waals surface area contributed by atoms with Gasteiger partial charge < -0.3 is 43.9 Å². The molecule has 0 bridgehead atoms. The van der Waals surface area contributed by atoms with Crippen molar-refractivity contribution < 1.29 is 58.3 Å². The molecule has 4 aliphatic rings. The highest BCUT2D eigenvalue weighted by atomic mass is 32.8. The highest BCUT2D eigenvalue weighted by Crippen LogP contribution is 2.48. The Kier molecular flexibility index (Phi) is 15.2. The van der Waals surface area contributed by atoms with Gasteiger partial charge in [0.05, 0.1) is 69.2 Å². The Morgan fingerprint density at radius 1 is 0.724 bits per heavy atom. The first kappa shape index (κ1) is 44.4. The fraction of sp³-hybridized carbons (Fsp3) is 0.611. The summed E-state index contributed by atoms with van der Waals surface area (Å²) in [5, 5.41) is 6.18. The first-order valence-electron chi connectivity index (χ1n) is 19.1. The summed E-state index contributed by atoms with van der Waals surface area (Å²) in [5.41, 5.74) is 1.36. The van der Waals surface area contributed by atoms with Crippen LogP contribution in [0.2, 0.25) is 0 Å². The van der Waals surface area contributed by atoms with Gasteiger partial charge in [-0.2, -0.15) is 0 Å². The molecule has 4 aliphatic heterocycles. The van der Waals surface area contributed by atoms with Gasteiger partial charge in [0.2, 0.25) is 0 Å². The molecule has 58 heavy (non-hydrogen) atoms. The normalized spacial score (nSPS) is 22.8. The Morgan fingerprint density at radius 2 is 1.16 bits per heavy atom. The molecule has 2 saturated heterocycles. The number of rotatable bonds is 20. The van der Waals surface area contributed by atoms with Crippen LogP contribution in [0, 0.1) is 0 Å². The molecule has 6 rings (SSSR count). The lowest BCUT2D eigenvalue weighted by atomic mass is 10.1. The molecular formula is C36H51N4O13PS4. The zero-order chi connectivity index (χ0) is 41.6. The predicted octanol–water partition coefficient (Wildman–Crippen LogP) is 3.20. The molecular weight excluding hydrogens is 856 g/mol. The van der Waals surface area contributed by atoms with Crippen LogP contribution in [0.15, 0.2) is 24.3 Å². The van der Waals surface area contributed by atoms with Crippen molar-refractivity contribution in [3.63, 3.8) is 0 Å². The summed E-state index contributed by atoms with van der Waals surface area (Å²) in [6, 6.07) is 5.46. The fourth-order valence-electron chi connectivity index (χ4n) is 8.12. The number of carbonyl (C=O) groups is 2. The molecule has 2 aromatic rings. The summed E-state index contributed by atoms with van der Waals surface area (Å²) in [5.74, 6) is 1.61. The molecule has 3 unspecified atom stereocenters. The average molecular weight is 907 g/mol. The van der Waals surface area contributed by atoms with Crippen molar-refractivity contribution in [2.24, 2.45) is 0 Å². The van der Waals surface area contributed by atoms with Gasteiger partial charge in [0, 0.05) is 43.7 Å². The summed E-state index contributed by atoms with van der Waals surface area (Å²) in [7, 11) is -6.36. The van der Waals surface area contributed by atoms with Gasteiger partial charge in [-0.25, -0.2) is 25.2 Å². The zero-order valence-electron chi connectivity index (χ0n) is 32.6. The van der Waals surface area contributed by atoms with Crippen LogP contribution in [0.1, 0.15) is 65.7 Å². The maximum atomic E-state index is 14.4. The van der Waals surface area contributed by atoms with Gasteiger partial charge in [0.1, 0.15) is 0 Å². The van der Waals surface area contributed by atoms with Gasteiger partial charge in [-0.15, -0.1) is 9.45 Å². The smallest absolute Gasteiger partial charge is 0.259 e. The van der Waals surface area contributed by atoms with Crippen molar-refractivity contribution in [3.8, 4) is 23.0 Å². The molecule has 0 aromatic heterocycles. The highest BCUT2D eigenvalue weighted by molar-refractivity contribution is 8.28.